The van der Waals surface area contributed by atoms with E-state index in [0.29, 0.717) is 42.6 Å². The first-order chi connectivity index (χ1) is 13.5. The molecule has 0 spiro atoms. The minimum absolute atomic E-state index is 0.261. The Bertz CT molecular complexity index is 1080. The molecular formula is C18H19ClN6O2S. The molecule has 0 amide bonds. The zero-order valence-electron chi connectivity index (χ0n) is 15.2. The molecule has 4 rings (SSSR count). The smallest absolute Gasteiger partial charge is 0.243 e. The first-order valence-corrected chi connectivity index (χ1v) is 10.6. The van der Waals surface area contributed by atoms with Crippen LogP contribution in [0.1, 0.15) is 5.56 Å². The SMILES string of the molecule is Cc1c(Cl)cccc1S(=O)(=O)N1CCN(c2cc(-n3cccn3)ncn2)CC1. The van der Waals surface area contributed by atoms with E-state index >= 15 is 0 Å². The number of anilines is 1. The fourth-order valence-electron chi connectivity index (χ4n) is 3.20. The number of halogens is 1. The van der Waals surface area contributed by atoms with Gasteiger partial charge in [-0.3, -0.25) is 0 Å². The van der Waals surface area contributed by atoms with Gasteiger partial charge in [0.15, 0.2) is 5.82 Å². The van der Waals surface area contributed by atoms with Gasteiger partial charge < -0.3 is 4.90 Å². The molecule has 146 valence electrons. The third-order valence-corrected chi connectivity index (χ3v) is 7.23. The van der Waals surface area contributed by atoms with Gasteiger partial charge in [-0.2, -0.15) is 9.40 Å². The predicted octanol–water partition coefficient (Wildman–Crippen LogP) is 2.14. The highest BCUT2D eigenvalue weighted by Gasteiger charge is 2.30. The molecule has 0 unspecified atom stereocenters. The Kier molecular flexibility index (Phi) is 5.05. The molecule has 8 nitrogen and oxygen atoms in total. The normalized spacial score (nSPS) is 15.7. The standard InChI is InChI=1S/C18H19ClN6O2S/c1-14-15(19)4-2-5-16(14)28(26,27)24-10-8-23(9-11-24)17-12-18(21-13-20-17)25-7-3-6-22-25/h2-7,12-13H,8-11H2,1H3. The molecule has 0 atom stereocenters. The molecule has 10 heteroatoms. The average Bonchev–Trinajstić information content (AvgIpc) is 3.25. The lowest BCUT2D eigenvalue weighted by molar-refractivity contribution is 0.383. The number of sulfonamides is 1. The van der Waals surface area contributed by atoms with Crippen molar-refractivity contribution in [3.8, 4) is 5.82 Å². The second-order valence-electron chi connectivity index (χ2n) is 6.44. The third-order valence-electron chi connectivity index (χ3n) is 4.78. The summed E-state index contributed by atoms with van der Waals surface area (Å²) < 4.78 is 29.2. The number of nitrogens with zero attached hydrogens (tertiary/aromatic N) is 6. The van der Waals surface area contributed by atoms with Crippen LogP contribution in [0.2, 0.25) is 5.02 Å². The zero-order valence-corrected chi connectivity index (χ0v) is 16.8. The molecule has 2 aromatic heterocycles. The van der Waals surface area contributed by atoms with E-state index in [0.717, 1.165) is 5.82 Å². The fourth-order valence-corrected chi connectivity index (χ4v) is 5.10. The number of piperazine rings is 1. The first kappa shape index (κ1) is 18.9. The molecule has 1 saturated heterocycles. The number of hydrogen-bond acceptors (Lipinski definition) is 6. The second-order valence-corrected chi connectivity index (χ2v) is 8.75. The van der Waals surface area contributed by atoms with Gasteiger partial charge in [0, 0.05) is 49.7 Å². The molecule has 0 radical (unpaired) electrons. The van der Waals surface area contributed by atoms with Crippen molar-refractivity contribution in [3.63, 3.8) is 0 Å². The van der Waals surface area contributed by atoms with Crippen LogP contribution in [0.3, 0.4) is 0 Å². The quantitative estimate of drug-likeness (QED) is 0.645. The lowest BCUT2D eigenvalue weighted by Crippen LogP contribution is -2.49. The van der Waals surface area contributed by atoms with Gasteiger partial charge in [0.25, 0.3) is 0 Å². The summed E-state index contributed by atoms with van der Waals surface area (Å²) >= 11 is 6.11. The van der Waals surface area contributed by atoms with Crippen LogP contribution in [0.25, 0.3) is 5.82 Å². The monoisotopic (exact) mass is 418 g/mol. The Morgan fingerprint density at radius 1 is 1.04 bits per heavy atom. The van der Waals surface area contributed by atoms with Crippen molar-refractivity contribution in [1.82, 2.24) is 24.1 Å². The van der Waals surface area contributed by atoms with Crippen molar-refractivity contribution >= 4 is 27.4 Å². The highest BCUT2D eigenvalue weighted by Crippen LogP contribution is 2.27. The van der Waals surface area contributed by atoms with Crippen molar-refractivity contribution in [1.29, 1.82) is 0 Å². The summed E-state index contributed by atoms with van der Waals surface area (Å²) in [5.74, 6) is 1.41. The van der Waals surface area contributed by atoms with Gasteiger partial charge in [0.1, 0.15) is 12.1 Å². The predicted molar refractivity (Wildman–Crippen MR) is 106 cm³/mol. The second kappa shape index (κ2) is 7.50. The molecule has 0 aliphatic carbocycles. The van der Waals surface area contributed by atoms with Gasteiger partial charge in [-0.25, -0.2) is 23.1 Å². The summed E-state index contributed by atoms with van der Waals surface area (Å²) in [6.45, 7) is 3.54. The van der Waals surface area contributed by atoms with Gasteiger partial charge in [0.2, 0.25) is 10.0 Å². The van der Waals surface area contributed by atoms with Crippen LogP contribution in [0.15, 0.2) is 53.9 Å². The van der Waals surface area contributed by atoms with E-state index in [1.54, 1.807) is 36.0 Å². The molecule has 1 aliphatic heterocycles. The van der Waals surface area contributed by atoms with Crippen molar-refractivity contribution in [3.05, 3.63) is 59.6 Å². The average molecular weight is 419 g/mol. The van der Waals surface area contributed by atoms with E-state index in [1.165, 1.54) is 10.6 Å². The van der Waals surface area contributed by atoms with E-state index in [9.17, 15) is 8.42 Å². The first-order valence-electron chi connectivity index (χ1n) is 8.79. The lowest BCUT2D eigenvalue weighted by atomic mass is 10.2. The molecule has 0 saturated carbocycles. The number of aromatic nitrogens is 4. The van der Waals surface area contributed by atoms with Crippen LogP contribution >= 0.6 is 11.6 Å². The molecule has 1 aromatic carbocycles. The van der Waals surface area contributed by atoms with Crippen LogP contribution in [0, 0.1) is 6.92 Å². The highest BCUT2D eigenvalue weighted by molar-refractivity contribution is 7.89. The molecule has 28 heavy (non-hydrogen) atoms. The summed E-state index contributed by atoms with van der Waals surface area (Å²) in [4.78, 5) is 10.9. The van der Waals surface area contributed by atoms with Gasteiger partial charge in [-0.15, -0.1) is 0 Å². The van der Waals surface area contributed by atoms with Crippen LogP contribution in [-0.4, -0.2) is 58.7 Å². The molecule has 0 bridgehead atoms. The Hall–Kier alpha value is -2.49. The van der Waals surface area contributed by atoms with Gasteiger partial charge in [-0.05, 0) is 30.7 Å². The van der Waals surface area contributed by atoms with E-state index in [4.69, 9.17) is 11.6 Å². The molecule has 3 heterocycles. The Morgan fingerprint density at radius 3 is 2.50 bits per heavy atom. The Labute approximate surface area is 168 Å². The van der Waals surface area contributed by atoms with E-state index in [1.807, 2.05) is 23.2 Å². The molecule has 1 fully saturated rings. The highest BCUT2D eigenvalue weighted by atomic mass is 35.5. The van der Waals surface area contributed by atoms with Gasteiger partial charge >= 0.3 is 0 Å². The van der Waals surface area contributed by atoms with E-state index in [-0.39, 0.29) is 4.90 Å². The largest absolute Gasteiger partial charge is 0.354 e. The summed E-state index contributed by atoms with van der Waals surface area (Å²) in [5, 5.41) is 4.63. The maximum Gasteiger partial charge on any atom is 0.243 e. The number of rotatable bonds is 4. The van der Waals surface area contributed by atoms with Gasteiger partial charge in [0.05, 0.1) is 4.90 Å². The minimum Gasteiger partial charge on any atom is -0.354 e. The number of hydrogen-bond donors (Lipinski definition) is 0. The van der Waals surface area contributed by atoms with Crippen molar-refractivity contribution in [2.75, 3.05) is 31.1 Å². The maximum atomic E-state index is 13.0. The Balaban J connectivity index is 1.51. The Morgan fingerprint density at radius 2 is 1.79 bits per heavy atom. The summed E-state index contributed by atoms with van der Waals surface area (Å²) in [6.07, 6.45) is 4.98. The lowest BCUT2D eigenvalue weighted by Gasteiger charge is -2.35. The van der Waals surface area contributed by atoms with Crippen LogP contribution in [0.4, 0.5) is 5.82 Å². The maximum absolute atomic E-state index is 13.0. The van der Waals surface area contributed by atoms with Crippen molar-refractivity contribution < 1.29 is 8.42 Å². The molecular weight excluding hydrogens is 400 g/mol. The summed E-state index contributed by atoms with van der Waals surface area (Å²) in [6, 6.07) is 8.63. The zero-order chi connectivity index (χ0) is 19.7. The van der Waals surface area contributed by atoms with Crippen molar-refractivity contribution in [2.24, 2.45) is 0 Å². The molecule has 0 N–H and O–H groups in total. The minimum atomic E-state index is -3.59. The summed E-state index contributed by atoms with van der Waals surface area (Å²) in [7, 11) is -3.59. The van der Waals surface area contributed by atoms with E-state index in [2.05, 4.69) is 15.1 Å². The van der Waals surface area contributed by atoms with Crippen LogP contribution in [0.5, 0.6) is 0 Å². The molecule has 3 aromatic rings. The van der Waals surface area contributed by atoms with E-state index < -0.39 is 10.0 Å². The number of benzene rings is 1. The molecule has 1 aliphatic rings. The van der Waals surface area contributed by atoms with Crippen molar-refractivity contribution in [2.45, 2.75) is 11.8 Å². The summed E-state index contributed by atoms with van der Waals surface area (Å²) in [5.41, 5.74) is 0.575. The van der Waals surface area contributed by atoms with Crippen LogP contribution in [-0.2, 0) is 10.0 Å². The fraction of sp³-hybridized carbons (Fsp3) is 0.278. The third kappa shape index (κ3) is 3.48. The topological polar surface area (TPSA) is 84.2 Å². The van der Waals surface area contributed by atoms with Crippen LogP contribution < -0.4 is 4.90 Å². The van der Waals surface area contributed by atoms with Gasteiger partial charge in [-0.1, -0.05) is 17.7 Å².